The number of ether oxygens (including phenoxy) is 2. The lowest BCUT2D eigenvalue weighted by atomic mass is 10.2. The van der Waals surface area contributed by atoms with E-state index in [1.165, 1.54) is 24.3 Å². The average molecular weight is 437 g/mol. The van der Waals surface area contributed by atoms with Crippen LogP contribution < -0.4 is 10.3 Å². The van der Waals surface area contributed by atoms with Gasteiger partial charge in [0, 0.05) is 0 Å². The molecule has 150 valence electrons. The number of hydrogen-bond donors (Lipinski definition) is 0. The molecule has 0 amide bonds. The Hall–Kier alpha value is -2.90. The molecule has 0 N–H and O–H groups in total. The third-order valence-electron chi connectivity index (χ3n) is 3.82. The molecule has 0 unspecified atom stereocenters. The maximum absolute atomic E-state index is 13.2. The Bertz CT molecular complexity index is 1100. The number of benzene rings is 2. The summed E-state index contributed by atoms with van der Waals surface area (Å²) in [6.07, 6.45) is 0. The van der Waals surface area contributed by atoms with Crippen LogP contribution in [0.5, 0.6) is 5.75 Å². The normalized spacial score (nSPS) is 10.6. The van der Waals surface area contributed by atoms with Crippen LogP contribution in [0.25, 0.3) is 5.69 Å². The second kappa shape index (κ2) is 9.07. The Morgan fingerprint density at radius 3 is 2.48 bits per heavy atom. The van der Waals surface area contributed by atoms with Crippen molar-refractivity contribution in [2.24, 2.45) is 0 Å². The number of halogens is 3. The van der Waals surface area contributed by atoms with Crippen molar-refractivity contribution in [3.05, 3.63) is 86.0 Å². The number of esters is 1. The van der Waals surface area contributed by atoms with Crippen LogP contribution in [0.2, 0.25) is 10.0 Å². The van der Waals surface area contributed by atoms with Gasteiger partial charge < -0.3 is 9.47 Å². The smallest absolute Gasteiger partial charge is 0.362 e. The summed E-state index contributed by atoms with van der Waals surface area (Å²) < 4.78 is 24.8. The topological polar surface area (TPSA) is 70.4 Å². The third kappa shape index (κ3) is 4.93. The van der Waals surface area contributed by atoms with Gasteiger partial charge in [-0.1, -0.05) is 29.3 Å². The molecule has 0 saturated carbocycles. The zero-order valence-corrected chi connectivity index (χ0v) is 16.7. The van der Waals surface area contributed by atoms with E-state index >= 15 is 0 Å². The lowest BCUT2D eigenvalue weighted by molar-refractivity contribution is 0.0511. The Morgan fingerprint density at radius 2 is 1.83 bits per heavy atom. The molecule has 1 heterocycles. The molecule has 0 radical (unpaired) electrons. The quantitative estimate of drug-likeness (QED) is 0.534. The number of hydrogen-bond acceptors (Lipinski definition) is 5. The molecule has 1 aromatic heterocycles. The summed E-state index contributed by atoms with van der Waals surface area (Å²) in [4.78, 5) is 24.9. The van der Waals surface area contributed by atoms with Gasteiger partial charge in [0.05, 0.1) is 28.4 Å². The summed E-state index contributed by atoms with van der Waals surface area (Å²) in [6.45, 7) is 1.78. The predicted octanol–water partition coefficient (Wildman–Crippen LogP) is 4.43. The fraction of sp³-hybridized carbons (Fsp3) is 0.150. The molecule has 3 rings (SSSR count). The van der Waals surface area contributed by atoms with E-state index in [0.29, 0.717) is 15.6 Å². The molecule has 2 aromatic carbocycles. The highest BCUT2D eigenvalue weighted by Gasteiger charge is 2.20. The highest BCUT2D eigenvalue weighted by atomic mass is 35.5. The molecular formula is C20H15Cl2FN2O4. The van der Waals surface area contributed by atoms with Gasteiger partial charge in [-0.05, 0) is 48.9 Å². The van der Waals surface area contributed by atoms with Crippen molar-refractivity contribution < 1.29 is 18.7 Å². The van der Waals surface area contributed by atoms with Crippen LogP contribution in [0.15, 0.2) is 53.3 Å². The van der Waals surface area contributed by atoms with Gasteiger partial charge in [-0.3, -0.25) is 4.79 Å². The number of carbonyl (C=O) groups is 1. The molecule has 29 heavy (non-hydrogen) atoms. The van der Waals surface area contributed by atoms with Crippen molar-refractivity contribution >= 4 is 29.2 Å². The summed E-state index contributed by atoms with van der Waals surface area (Å²) >= 11 is 11.9. The largest absolute Gasteiger partial charge is 0.486 e. The summed E-state index contributed by atoms with van der Waals surface area (Å²) in [5, 5.41) is 4.81. The van der Waals surface area contributed by atoms with Gasteiger partial charge in [0.25, 0.3) is 5.56 Å². The van der Waals surface area contributed by atoms with Crippen LogP contribution >= 0.6 is 23.2 Å². The molecule has 0 aliphatic rings. The van der Waals surface area contributed by atoms with Crippen molar-refractivity contribution in [1.82, 2.24) is 9.78 Å². The van der Waals surface area contributed by atoms with E-state index in [0.717, 1.165) is 10.7 Å². The molecule has 0 spiro atoms. The molecule has 6 nitrogen and oxygen atoms in total. The second-order valence-electron chi connectivity index (χ2n) is 5.84. The zero-order chi connectivity index (χ0) is 21.0. The zero-order valence-electron chi connectivity index (χ0n) is 15.2. The SMILES string of the molecule is CCOC(=O)c1nn(-c2ccc(F)cc2)c(=O)cc1OCc1ccc(Cl)c(Cl)c1. The summed E-state index contributed by atoms with van der Waals surface area (Å²) in [7, 11) is 0. The Kier molecular flexibility index (Phi) is 6.51. The van der Waals surface area contributed by atoms with Gasteiger partial charge in [0.2, 0.25) is 5.69 Å². The first-order chi connectivity index (χ1) is 13.9. The minimum absolute atomic E-state index is 0.0188. The Labute approximate surface area is 175 Å². The van der Waals surface area contributed by atoms with Gasteiger partial charge in [-0.25, -0.2) is 9.18 Å². The average Bonchev–Trinajstić information content (AvgIpc) is 2.70. The first-order valence-corrected chi connectivity index (χ1v) is 9.28. The lowest BCUT2D eigenvalue weighted by Gasteiger charge is -2.13. The van der Waals surface area contributed by atoms with Crippen LogP contribution in [-0.2, 0) is 11.3 Å². The van der Waals surface area contributed by atoms with Crippen LogP contribution in [0.1, 0.15) is 23.0 Å². The molecule has 9 heteroatoms. The maximum atomic E-state index is 13.2. The summed E-state index contributed by atoms with van der Waals surface area (Å²) in [6, 6.07) is 11.2. The van der Waals surface area contributed by atoms with Gasteiger partial charge in [-0.2, -0.15) is 9.78 Å². The molecule has 0 saturated heterocycles. The molecule has 0 aliphatic heterocycles. The number of aromatic nitrogens is 2. The minimum Gasteiger partial charge on any atom is -0.486 e. The standard InChI is InChI=1S/C20H15Cl2FN2O4/c1-2-28-20(27)19-17(29-11-12-3-8-15(21)16(22)9-12)10-18(26)25(24-19)14-6-4-13(23)5-7-14/h3-10H,2,11H2,1H3. The van der Waals surface area contributed by atoms with Crippen LogP contribution in [0.4, 0.5) is 4.39 Å². The first kappa shape index (κ1) is 20.8. The fourth-order valence-electron chi connectivity index (χ4n) is 2.45. The van der Waals surface area contributed by atoms with Gasteiger partial charge in [-0.15, -0.1) is 0 Å². The molecular weight excluding hydrogens is 422 g/mol. The Balaban J connectivity index is 1.97. The van der Waals surface area contributed by atoms with E-state index in [2.05, 4.69) is 5.10 Å². The highest BCUT2D eigenvalue weighted by molar-refractivity contribution is 6.42. The van der Waals surface area contributed by atoms with Crippen LogP contribution in [-0.4, -0.2) is 22.4 Å². The van der Waals surface area contributed by atoms with E-state index in [4.69, 9.17) is 32.7 Å². The molecule has 0 bridgehead atoms. The fourth-order valence-corrected chi connectivity index (χ4v) is 2.77. The summed E-state index contributed by atoms with van der Waals surface area (Å²) in [5.41, 5.74) is 0.222. The number of nitrogens with zero attached hydrogens (tertiary/aromatic N) is 2. The van der Waals surface area contributed by atoms with E-state index in [-0.39, 0.29) is 30.3 Å². The summed E-state index contributed by atoms with van der Waals surface area (Å²) in [5.74, 6) is -1.26. The van der Waals surface area contributed by atoms with Crippen LogP contribution in [0.3, 0.4) is 0 Å². The molecule has 0 fully saturated rings. The second-order valence-corrected chi connectivity index (χ2v) is 6.66. The van der Waals surface area contributed by atoms with E-state index in [1.807, 2.05) is 0 Å². The number of carbonyl (C=O) groups excluding carboxylic acids is 1. The van der Waals surface area contributed by atoms with Crippen molar-refractivity contribution in [2.45, 2.75) is 13.5 Å². The minimum atomic E-state index is -0.757. The van der Waals surface area contributed by atoms with E-state index in [1.54, 1.807) is 25.1 Å². The lowest BCUT2D eigenvalue weighted by Crippen LogP contribution is -2.25. The van der Waals surface area contributed by atoms with Crippen molar-refractivity contribution in [1.29, 1.82) is 0 Å². The molecule has 0 atom stereocenters. The highest BCUT2D eigenvalue weighted by Crippen LogP contribution is 2.24. The molecule has 0 aliphatic carbocycles. The number of rotatable bonds is 6. The van der Waals surface area contributed by atoms with Crippen molar-refractivity contribution in [3.63, 3.8) is 0 Å². The van der Waals surface area contributed by atoms with E-state index in [9.17, 15) is 14.0 Å². The van der Waals surface area contributed by atoms with Crippen molar-refractivity contribution in [3.8, 4) is 11.4 Å². The maximum Gasteiger partial charge on any atom is 0.362 e. The first-order valence-electron chi connectivity index (χ1n) is 8.53. The van der Waals surface area contributed by atoms with Gasteiger partial charge >= 0.3 is 5.97 Å². The molecule has 3 aromatic rings. The van der Waals surface area contributed by atoms with Gasteiger partial charge in [0.1, 0.15) is 12.4 Å². The Morgan fingerprint density at radius 1 is 1.10 bits per heavy atom. The third-order valence-corrected chi connectivity index (χ3v) is 4.55. The van der Waals surface area contributed by atoms with Crippen molar-refractivity contribution in [2.75, 3.05) is 6.61 Å². The monoisotopic (exact) mass is 436 g/mol. The van der Waals surface area contributed by atoms with E-state index < -0.39 is 17.3 Å². The van der Waals surface area contributed by atoms with Crippen LogP contribution in [0, 0.1) is 5.82 Å². The predicted molar refractivity (Wildman–Crippen MR) is 107 cm³/mol. The van der Waals surface area contributed by atoms with Gasteiger partial charge in [0.15, 0.2) is 5.75 Å².